The summed E-state index contributed by atoms with van der Waals surface area (Å²) in [4.78, 5) is 16.2. The van der Waals surface area contributed by atoms with Gasteiger partial charge in [0.05, 0.1) is 6.54 Å². The highest BCUT2D eigenvalue weighted by molar-refractivity contribution is 14.1. The number of anilines is 1. The third kappa shape index (κ3) is 5.85. The molecule has 1 heterocycles. The number of hydrogen-bond donors (Lipinski definition) is 2. The summed E-state index contributed by atoms with van der Waals surface area (Å²) in [5.41, 5.74) is -0.311. The Kier molecular flexibility index (Phi) is 7.12. The Labute approximate surface area is 170 Å². The predicted octanol–water partition coefficient (Wildman–Crippen LogP) is 3.41. The zero-order valence-electron chi connectivity index (χ0n) is 15.2. The van der Waals surface area contributed by atoms with Gasteiger partial charge >= 0.3 is 6.18 Å². The molecule has 1 aromatic rings. The van der Waals surface area contributed by atoms with Gasteiger partial charge in [-0.2, -0.15) is 13.2 Å². The van der Waals surface area contributed by atoms with Gasteiger partial charge in [-0.05, 0) is 66.3 Å². The molecule has 0 atom stereocenters. The first-order valence-electron chi connectivity index (χ1n) is 8.45. The molecule has 0 aliphatic carbocycles. The monoisotopic (exact) mass is 494 g/mol. The van der Waals surface area contributed by atoms with Crippen molar-refractivity contribution in [2.45, 2.75) is 20.0 Å². The molecule has 0 aromatic heterocycles. The Hall–Kier alpha value is -1.78. The number of carbonyl (C=O) groups excluding carboxylic acids is 1. The lowest BCUT2D eigenvalue weighted by Gasteiger charge is -2.36. The Morgan fingerprint density at radius 1 is 1.15 bits per heavy atom. The van der Waals surface area contributed by atoms with Gasteiger partial charge in [-0.3, -0.25) is 10.2 Å². The zero-order chi connectivity index (χ0) is 20.2. The fourth-order valence-corrected chi connectivity index (χ4v) is 3.08. The molecule has 1 fully saturated rings. The van der Waals surface area contributed by atoms with Gasteiger partial charge in [0.25, 0.3) is 0 Å². The average molecular weight is 494 g/mol. The second-order valence-electron chi connectivity index (χ2n) is 6.32. The number of rotatable bonds is 5. The summed E-state index contributed by atoms with van der Waals surface area (Å²) < 4.78 is 38.9. The summed E-state index contributed by atoms with van der Waals surface area (Å²) in [5, 5.41) is 9.87. The van der Waals surface area contributed by atoms with E-state index in [-0.39, 0.29) is 23.7 Å². The second kappa shape index (κ2) is 8.94. The number of hydrogen-bond acceptors (Lipinski definition) is 4. The third-order valence-electron chi connectivity index (χ3n) is 4.55. The van der Waals surface area contributed by atoms with Crippen LogP contribution in [0.2, 0.25) is 0 Å². The van der Waals surface area contributed by atoms with E-state index >= 15 is 0 Å². The highest BCUT2D eigenvalue weighted by Crippen LogP contribution is 2.22. The van der Waals surface area contributed by atoms with Crippen molar-refractivity contribution < 1.29 is 18.0 Å². The molecule has 2 rings (SSSR count). The van der Waals surface area contributed by atoms with Crippen LogP contribution in [0.3, 0.4) is 0 Å². The first kappa shape index (κ1) is 21.5. The van der Waals surface area contributed by atoms with E-state index in [2.05, 4.69) is 32.8 Å². The van der Waals surface area contributed by atoms with Crippen molar-refractivity contribution in [3.63, 3.8) is 0 Å². The minimum Gasteiger partial charge on any atom is -0.379 e. The van der Waals surface area contributed by atoms with Crippen molar-refractivity contribution >= 4 is 39.9 Å². The SMILES string of the molecule is C/C(NCC(=O)N1CCN(c2ccc(I)cc2)CC1)=C(\C)C(=N)C(F)(F)F. The minimum absolute atomic E-state index is 0.0855. The van der Waals surface area contributed by atoms with Crippen LogP contribution in [0.5, 0.6) is 0 Å². The van der Waals surface area contributed by atoms with E-state index < -0.39 is 11.9 Å². The molecule has 1 aromatic carbocycles. The standard InChI is InChI=1S/C18H22F3IN4O/c1-12(17(23)18(19,20)21)13(2)24-11-16(27)26-9-7-25(8-10-26)15-5-3-14(22)4-6-15/h3-6,23-24H,7-11H2,1-2H3/b13-12-,23-17?. The smallest absolute Gasteiger partial charge is 0.379 e. The van der Waals surface area contributed by atoms with Gasteiger partial charge in [-0.1, -0.05) is 0 Å². The van der Waals surface area contributed by atoms with Crippen LogP contribution >= 0.6 is 22.6 Å². The number of benzene rings is 1. The molecule has 0 spiro atoms. The summed E-state index contributed by atoms with van der Waals surface area (Å²) in [6.45, 7) is 5.12. The van der Waals surface area contributed by atoms with Gasteiger partial charge in [0.1, 0.15) is 5.71 Å². The van der Waals surface area contributed by atoms with Gasteiger partial charge in [0, 0.05) is 41.1 Å². The van der Waals surface area contributed by atoms with E-state index in [0.29, 0.717) is 26.2 Å². The predicted molar refractivity (Wildman–Crippen MR) is 108 cm³/mol. The number of allylic oxidation sites excluding steroid dienone is 2. The number of nitrogens with zero attached hydrogens (tertiary/aromatic N) is 2. The van der Waals surface area contributed by atoms with E-state index in [0.717, 1.165) is 9.26 Å². The molecule has 5 nitrogen and oxygen atoms in total. The molecule has 1 aliphatic rings. The molecular weight excluding hydrogens is 472 g/mol. The van der Waals surface area contributed by atoms with Crippen molar-refractivity contribution in [1.29, 1.82) is 5.41 Å². The van der Waals surface area contributed by atoms with Crippen molar-refractivity contribution in [2.75, 3.05) is 37.6 Å². The summed E-state index contributed by atoms with van der Waals surface area (Å²) in [7, 11) is 0. The van der Waals surface area contributed by atoms with Gasteiger partial charge in [-0.15, -0.1) is 0 Å². The molecule has 0 saturated carbocycles. The van der Waals surface area contributed by atoms with E-state index in [9.17, 15) is 18.0 Å². The van der Waals surface area contributed by atoms with E-state index in [1.807, 2.05) is 24.3 Å². The number of nitrogens with one attached hydrogen (secondary N) is 2. The van der Waals surface area contributed by atoms with Crippen LogP contribution in [0.15, 0.2) is 35.5 Å². The average Bonchev–Trinajstić information content (AvgIpc) is 2.64. The molecule has 27 heavy (non-hydrogen) atoms. The molecule has 1 aliphatic heterocycles. The Balaban J connectivity index is 1.85. The number of alkyl halides is 3. The lowest BCUT2D eigenvalue weighted by Crippen LogP contribution is -2.50. The van der Waals surface area contributed by atoms with Crippen molar-refractivity contribution in [1.82, 2.24) is 10.2 Å². The fraction of sp³-hybridized carbons (Fsp3) is 0.444. The number of halogens is 4. The Bertz CT molecular complexity index is 723. The number of carbonyl (C=O) groups is 1. The summed E-state index contributed by atoms with van der Waals surface area (Å²) in [6.07, 6.45) is -4.69. The van der Waals surface area contributed by atoms with Gasteiger partial charge < -0.3 is 15.1 Å². The molecule has 0 radical (unpaired) electrons. The molecule has 2 N–H and O–H groups in total. The molecule has 1 saturated heterocycles. The first-order chi connectivity index (χ1) is 12.6. The molecule has 0 bridgehead atoms. The number of amides is 1. The zero-order valence-corrected chi connectivity index (χ0v) is 17.3. The van der Waals surface area contributed by atoms with Gasteiger partial charge in [0.2, 0.25) is 5.91 Å². The quantitative estimate of drug-likeness (QED) is 0.488. The Morgan fingerprint density at radius 2 is 1.70 bits per heavy atom. The summed E-state index contributed by atoms with van der Waals surface area (Å²) in [5.74, 6) is -0.164. The van der Waals surface area contributed by atoms with Crippen LogP contribution in [0, 0.1) is 8.98 Å². The molecular formula is C18H22F3IN4O. The Morgan fingerprint density at radius 3 is 2.22 bits per heavy atom. The van der Waals surface area contributed by atoms with Crippen molar-refractivity contribution in [3.8, 4) is 0 Å². The normalized spacial score (nSPS) is 16.1. The number of piperazine rings is 1. The minimum atomic E-state index is -4.69. The first-order valence-corrected chi connectivity index (χ1v) is 9.53. The van der Waals surface area contributed by atoms with Crippen molar-refractivity contribution in [3.05, 3.63) is 39.1 Å². The molecule has 1 amide bonds. The van der Waals surface area contributed by atoms with E-state index in [1.165, 1.54) is 13.8 Å². The maximum absolute atomic E-state index is 12.6. The highest BCUT2D eigenvalue weighted by Gasteiger charge is 2.35. The third-order valence-corrected chi connectivity index (χ3v) is 5.27. The van der Waals surface area contributed by atoms with Crippen LogP contribution < -0.4 is 10.2 Å². The largest absolute Gasteiger partial charge is 0.432 e. The maximum Gasteiger partial charge on any atom is 0.432 e. The molecule has 9 heteroatoms. The van der Waals surface area contributed by atoms with Crippen LogP contribution in [-0.4, -0.2) is 55.4 Å². The second-order valence-corrected chi connectivity index (χ2v) is 7.57. The van der Waals surface area contributed by atoms with Gasteiger partial charge in [0.15, 0.2) is 0 Å². The molecule has 0 unspecified atom stereocenters. The van der Waals surface area contributed by atoms with Crippen LogP contribution in [0.25, 0.3) is 0 Å². The van der Waals surface area contributed by atoms with Crippen LogP contribution in [-0.2, 0) is 4.79 Å². The summed E-state index contributed by atoms with van der Waals surface area (Å²) in [6, 6.07) is 8.17. The highest BCUT2D eigenvalue weighted by atomic mass is 127. The van der Waals surface area contributed by atoms with Crippen LogP contribution in [0.4, 0.5) is 18.9 Å². The molecule has 148 valence electrons. The van der Waals surface area contributed by atoms with Crippen LogP contribution in [0.1, 0.15) is 13.8 Å². The van der Waals surface area contributed by atoms with E-state index in [1.54, 1.807) is 4.90 Å². The van der Waals surface area contributed by atoms with E-state index in [4.69, 9.17) is 5.41 Å². The maximum atomic E-state index is 12.6. The fourth-order valence-electron chi connectivity index (χ4n) is 2.72. The topological polar surface area (TPSA) is 59.4 Å². The summed E-state index contributed by atoms with van der Waals surface area (Å²) >= 11 is 2.25. The lowest BCUT2D eigenvalue weighted by molar-refractivity contribution is -0.130. The van der Waals surface area contributed by atoms with Crippen molar-refractivity contribution in [2.24, 2.45) is 0 Å². The van der Waals surface area contributed by atoms with Gasteiger partial charge in [-0.25, -0.2) is 0 Å². The lowest BCUT2D eigenvalue weighted by atomic mass is 10.1.